The minimum atomic E-state index is -3.54. The Bertz CT molecular complexity index is 451. The van der Waals surface area contributed by atoms with Crippen LogP contribution in [0.4, 0.5) is 0 Å². The van der Waals surface area contributed by atoms with E-state index in [-0.39, 0.29) is 5.75 Å². The Morgan fingerprint density at radius 1 is 1.64 bits per heavy atom. The van der Waals surface area contributed by atoms with Gasteiger partial charge in [0.05, 0.1) is 0 Å². The van der Waals surface area contributed by atoms with Crippen molar-refractivity contribution in [3.05, 3.63) is 17.0 Å². The van der Waals surface area contributed by atoms with Gasteiger partial charge in [-0.1, -0.05) is 12.1 Å². The van der Waals surface area contributed by atoms with Gasteiger partial charge in [-0.3, -0.25) is 0 Å². The molecule has 1 unspecified atom stereocenters. The van der Waals surface area contributed by atoms with Gasteiger partial charge in [0, 0.05) is 22.2 Å². The molecule has 0 aliphatic heterocycles. The van der Waals surface area contributed by atoms with Gasteiger partial charge in [0.2, 0.25) is 9.05 Å². The van der Waals surface area contributed by atoms with Crippen LogP contribution in [-0.2, 0) is 21.2 Å². The van der Waals surface area contributed by atoms with Gasteiger partial charge in [0.1, 0.15) is 17.2 Å². The van der Waals surface area contributed by atoms with Gasteiger partial charge in [-0.25, -0.2) is 8.42 Å². The second kappa shape index (κ2) is 3.24. The maximum atomic E-state index is 10.9. The molecule has 0 aromatic carbocycles. The fourth-order valence-electron chi connectivity index (χ4n) is 1.78. The smallest absolute Gasteiger partial charge is 0.238 e. The normalized spacial score (nSPS) is 21.1. The Balaban J connectivity index is 2.34. The van der Waals surface area contributed by atoms with Crippen LogP contribution in [0, 0.1) is 0 Å². The molecule has 0 amide bonds. The summed E-state index contributed by atoms with van der Waals surface area (Å²) in [6.45, 7) is 2.04. The van der Waals surface area contributed by atoms with Crippen molar-refractivity contribution in [1.82, 2.24) is 5.16 Å². The fourth-order valence-corrected chi connectivity index (χ4v) is 2.64. The van der Waals surface area contributed by atoms with Crippen LogP contribution >= 0.6 is 10.7 Å². The molecular formula is C8H10ClNO3S. The average Bonchev–Trinajstić information content (AvgIpc) is 2.55. The van der Waals surface area contributed by atoms with Crippen LogP contribution in [0.3, 0.4) is 0 Å². The molecule has 2 rings (SSSR count). The van der Waals surface area contributed by atoms with E-state index in [1.54, 1.807) is 0 Å². The SMILES string of the molecule is CC1CCc2c(CS(=O)(=O)Cl)noc21. The first-order valence-electron chi connectivity index (χ1n) is 4.37. The summed E-state index contributed by atoms with van der Waals surface area (Å²) in [4.78, 5) is 0. The molecule has 0 radical (unpaired) electrons. The molecule has 14 heavy (non-hydrogen) atoms. The van der Waals surface area contributed by atoms with Gasteiger partial charge in [-0.05, 0) is 12.8 Å². The molecule has 0 saturated carbocycles. The van der Waals surface area contributed by atoms with Gasteiger partial charge in [-0.2, -0.15) is 0 Å². The van der Waals surface area contributed by atoms with Gasteiger partial charge < -0.3 is 4.52 Å². The van der Waals surface area contributed by atoms with E-state index < -0.39 is 9.05 Å². The van der Waals surface area contributed by atoms with Crippen LogP contribution in [0.15, 0.2) is 4.52 Å². The lowest BCUT2D eigenvalue weighted by Gasteiger charge is -1.94. The van der Waals surface area contributed by atoms with Crippen LogP contribution in [0.1, 0.15) is 36.3 Å². The minimum Gasteiger partial charge on any atom is -0.361 e. The van der Waals surface area contributed by atoms with Crippen molar-refractivity contribution in [2.45, 2.75) is 31.4 Å². The van der Waals surface area contributed by atoms with E-state index in [2.05, 4.69) is 5.16 Å². The summed E-state index contributed by atoms with van der Waals surface area (Å²) in [5, 5.41) is 3.73. The highest BCUT2D eigenvalue weighted by atomic mass is 35.7. The summed E-state index contributed by atoms with van der Waals surface area (Å²) >= 11 is 0. The zero-order valence-electron chi connectivity index (χ0n) is 7.66. The average molecular weight is 236 g/mol. The Hall–Kier alpha value is -0.550. The van der Waals surface area contributed by atoms with Gasteiger partial charge >= 0.3 is 0 Å². The highest BCUT2D eigenvalue weighted by Gasteiger charge is 2.28. The zero-order chi connectivity index (χ0) is 10.3. The first kappa shape index (κ1) is 9.98. The third-order valence-electron chi connectivity index (χ3n) is 2.48. The monoisotopic (exact) mass is 235 g/mol. The van der Waals surface area contributed by atoms with Crippen molar-refractivity contribution in [2.24, 2.45) is 0 Å². The number of halogens is 1. The molecule has 0 N–H and O–H groups in total. The summed E-state index contributed by atoms with van der Waals surface area (Å²) in [6, 6.07) is 0. The Labute approximate surface area is 86.6 Å². The molecule has 0 fully saturated rings. The summed E-state index contributed by atoms with van der Waals surface area (Å²) in [5.41, 5.74) is 1.40. The maximum Gasteiger partial charge on any atom is 0.238 e. The molecule has 6 heteroatoms. The van der Waals surface area contributed by atoms with Crippen LogP contribution in [0.2, 0.25) is 0 Å². The highest BCUT2D eigenvalue weighted by Crippen LogP contribution is 2.35. The van der Waals surface area contributed by atoms with Crippen LogP contribution in [-0.4, -0.2) is 13.6 Å². The van der Waals surface area contributed by atoms with Crippen LogP contribution in [0.5, 0.6) is 0 Å². The van der Waals surface area contributed by atoms with Crippen molar-refractivity contribution in [3.8, 4) is 0 Å². The maximum absolute atomic E-state index is 10.9. The second-order valence-electron chi connectivity index (χ2n) is 3.59. The quantitative estimate of drug-likeness (QED) is 0.734. The Morgan fingerprint density at radius 3 is 3.00 bits per heavy atom. The van der Waals surface area contributed by atoms with Crippen molar-refractivity contribution in [2.75, 3.05) is 0 Å². The molecule has 1 heterocycles. The van der Waals surface area contributed by atoms with Crippen molar-refractivity contribution in [1.29, 1.82) is 0 Å². The molecule has 0 spiro atoms. The predicted molar refractivity (Wildman–Crippen MR) is 51.7 cm³/mol. The van der Waals surface area contributed by atoms with E-state index >= 15 is 0 Å². The van der Waals surface area contributed by atoms with E-state index in [1.165, 1.54) is 0 Å². The lowest BCUT2D eigenvalue weighted by molar-refractivity contribution is 0.364. The first-order chi connectivity index (χ1) is 6.47. The lowest BCUT2D eigenvalue weighted by atomic mass is 10.1. The summed E-state index contributed by atoms with van der Waals surface area (Å²) < 4.78 is 26.8. The number of hydrogen-bond acceptors (Lipinski definition) is 4. The van der Waals surface area contributed by atoms with Crippen molar-refractivity contribution >= 4 is 19.7 Å². The third kappa shape index (κ3) is 1.79. The third-order valence-corrected chi connectivity index (χ3v) is 3.43. The first-order valence-corrected chi connectivity index (χ1v) is 6.85. The number of hydrogen-bond donors (Lipinski definition) is 0. The number of rotatable bonds is 2. The fraction of sp³-hybridized carbons (Fsp3) is 0.625. The second-order valence-corrected chi connectivity index (χ2v) is 6.37. The molecule has 4 nitrogen and oxygen atoms in total. The van der Waals surface area contributed by atoms with Crippen molar-refractivity contribution < 1.29 is 12.9 Å². The highest BCUT2D eigenvalue weighted by molar-refractivity contribution is 8.13. The molecule has 1 aromatic heterocycles. The van der Waals surface area contributed by atoms with E-state index in [9.17, 15) is 8.42 Å². The lowest BCUT2D eigenvalue weighted by Crippen LogP contribution is -1.98. The summed E-state index contributed by atoms with van der Waals surface area (Å²) in [6.07, 6.45) is 1.83. The van der Waals surface area contributed by atoms with Crippen LogP contribution < -0.4 is 0 Å². The molecule has 78 valence electrons. The Kier molecular flexibility index (Phi) is 2.31. The standard InChI is InChI=1S/C8H10ClNO3S/c1-5-2-3-6-7(4-14(9,11)12)10-13-8(5)6/h5H,2-4H2,1H3. The van der Waals surface area contributed by atoms with E-state index in [1.807, 2.05) is 6.92 Å². The summed E-state index contributed by atoms with van der Waals surface area (Å²) in [5.74, 6) is 0.921. The van der Waals surface area contributed by atoms with E-state index in [4.69, 9.17) is 15.2 Å². The Morgan fingerprint density at radius 2 is 2.36 bits per heavy atom. The zero-order valence-corrected chi connectivity index (χ0v) is 9.23. The van der Waals surface area contributed by atoms with E-state index in [0.29, 0.717) is 11.6 Å². The van der Waals surface area contributed by atoms with E-state index in [0.717, 1.165) is 24.2 Å². The van der Waals surface area contributed by atoms with Gasteiger partial charge in [-0.15, -0.1) is 0 Å². The predicted octanol–water partition coefficient (Wildman–Crippen LogP) is 1.79. The topological polar surface area (TPSA) is 60.2 Å². The number of fused-ring (bicyclic) bond motifs is 1. The molecule has 0 saturated heterocycles. The molecular weight excluding hydrogens is 226 g/mol. The minimum absolute atomic E-state index is 0.236. The molecule has 0 bridgehead atoms. The molecule has 1 atom stereocenters. The van der Waals surface area contributed by atoms with Crippen molar-refractivity contribution in [3.63, 3.8) is 0 Å². The molecule has 1 aromatic rings. The number of nitrogens with zero attached hydrogens (tertiary/aromatic N) is 1. The van der Waals surface area contributed by atoms with Gasteiger partial charge in [0.15, 0.2) is 0 Å². The molecule has 1 aliphatic carbocycles. The largest absolute Gasteiger partial charge is 0.361 e. The molecule has 1 aliphatic rings. The number of aromatic nitrogens is 1. The van der Waals surface area contributed by atoms with Crippen LogP contribution in [0.25, 0.3) is 0 Å². The summed E-state index contributed by atoms with van der Waals surface area (Å²) in [7, 11) is 1.62. The van der Waals surface area contributed by atoms with Gasteiger partial charge in [0.25, 0.3) is 0 Å².